The summed E-state index contributed by atoms with van der Waals surface area (Å²) in [5, 5.41) is 6.39. The number of amides is 1. The molecule has 0 aromatic heterocycles. The lowest BCUT2D eigenvalue weighted by Crippen LogP contribution is -2.37. The number of primary amides is 1. The monoisotopic (exact) mass is 205 g/mol. The van der Waals surface area contributed by atoms with E-state index in [1.165, 1.54) is 0 Å². The number of nitrogens with two attached hydrogens (primary N) is 1. The zero-order chi connectivity index (χ0) is 10.1. The van der Waals surface area contributed by atoms with Gasteiger partial charge in [-0.1, -0.05) is 6.92 Å². The molecule has 5 nitrogen and oxygen atoms in total. The van der Waals surface area contributed by atoms with Crippen molar-refractivity contribution < 1.29 is 9.53 Å². The molecule has 0 atom stereocenters. The fraction of sp³-hybridized carbons (Fsp3) is 0.714. The third-order valence-corrected chi connectivity index (χ3v) is 1.46. The number of hydrogen-bond acceptors (Lipinski definition) is 3. The van der Waals surface area contributed by atoms with Crippen molar-refractivity contribution in [3.8, 4) is 0 Å². The van der Waals surface area contributed by atoms with Gasteiger partial charge in [0.25, 0.3) is 0 Å². The predicted octanol–water partition coefficient (Wildman–Crippen LogP) is -0.0442. The van der Waals surface area contributed by atoms with Gasteiger partial charge in [-0.3, -0.25) is 0 Å². The van der Waals surface area contributed by atoms with E-state index in [-0.39, 0.29) is 6.61 Å². The number of nitrogens with one attached hydrogen (secondary N) is 2. The standard InChI is InChI=1S/C7H15N3O2S/c1-2-3-9-7(13)10-4-5-12-6(8)11/h2-5H2,1H3,(H2,8,11)(H2,9,10,13). The number of ether oxygens (including phenoxy) is 1. The third kappa shape index (κ3) is 8.87. The molecule has 0 saturated carbocycles. The highest BCUT2D eigenvalue weighted by molar-refractivity contribution is 7.80. The maximum atomic E-state index is 10.1. The smallest absolute Gasteiger partial charge is 0.404 e. The number of thiocarbonyl (C=S) groups is 1. The summed E-state index contributed by atoms with van der Waals surface area (Å²) in [5.41, 5.74) is 4.75. The van der Waals surface area contributed by atoms with Gasteiger partial charge in [0.15, 0.2) is 5.11 Å². The van der Waals surface area contributed by atoms with Crippen LogP contribution in [0.25, 0.3) is 0 Å². The van der Waals surface area contributed by atoms with Crippen LogP contribution in [-0.2, 0) is 4.74 Å². The van der Waals surface area contributed by atoms with E-state index >= 15 is 0 Å². The number of carbonyl (C=O) groups is 1. The summed E-state index contributed by atoms with van der Waals surface area (Å²) in [6, 6.07) is 0. The summed E-state index contributed by atoms with van der Waals surface area (Å²) in [6.45, 7) is 3.58. The van der Waals surface area contributed by atoms with Gasteiger partial charge in [0, 0.05) is 6.54 Å². The zero-order valence-electron chi connectivity index (χ0n) is 7.63. The highest BCUT2D eigenvalue weighted by Gasteiger charge is 1.94. The Morgan fingerprint density at radius 2 is 2.08 bits per heavy atom. The molecule has 1 amide bonds. The summed E-state index contributed by atoms with van der Waals surface area (Å²) in [6.07, 6.45) is 0.244. The molecular formula is C7H15N3O2S. The van der Waals surface area contributed by atoms with E-state index in [0.29, 0.717) is 11.7 Å². The average molecular weight is 205 g/mol. The fourth-order valence-electron chi connectivity index (χ4n) is 0.617. The van der Waals surface area contributed by atoms with Gasteiger partial charge in [0.1, 0.15) is 6.61 Å². The second-order valence-corrected chi connectivity index (χ2v) is 2.76. The van der Waals surface area contributed by atoms with Crippen LogP contribution in [0.4, 0.5) is 4.79 Å². The van der Waals surface area contributed by atoms with Crippen molar-refractivity contribution in [2.45, 2.75) is 13.3 Å². The quantitative estimate of drug-likeness (QED) is 0.433. The molecule has 0 unspecified atom stereocenters. The van der Waals surface area contributed by atoms with E-state index in [4.69, 9.17) is 18.0 Å². The molecule has 0 radical (unpaired) electrons. The summed E-state index contributed by atoms with van der Waals surface area (Å²) in [7, 11) is 0. The minimum Gasteiger partial charge on any atom is -0.448 e. The summed E-state index contributed by atoms with van der Waals surface area (Å²) < 4.78 is 4.49. The highest BCUT2D eigenvalue weighted by atomic mass is 32.1. The second-order valence-electron chi connectivity index (χ2n) is 2.35. The Balaban J connectivity index is 3.22. The van der Waals surface area contributed by atoms with Crippen LogP contribution in [0.15, 0.2) is 0 Å². The molecule has 6 heteroatoms. The third-order valence-electron chi connectivity index (χ3n) is 1.17. The van der Waals surface area contributed by atoms with Gasteiger partial charge >= 0.3 is 6.09 Å². The van der Waals surface area contributed by atoms with Gasteiger partial charge in [0.2, 0.25) is 0 Å². The van der Waals surface area contributed by atoms with E-state index in [0.717, 1.165) is 13.0 Å². The van der Waals surface area contributed by atoms with Crippen LogP contribution in [0.3, 0.4) is 0 Å². The molecule has 0 spiro atoms. The number of rotatable bonds is 5. The SMILES string of the molecule is CCCNC(=S)NCCOC(N)=O. The van der Waals surface area contributed by atoms with E-state index in [1.54, 1.807) is 0 Å². The van der Waals surface area contributed by atoms with Crippen LogP contribution in [0.1, 0.15) is 13.3 Å². The van der Waals surface area contributed by atoms with Crippen molar-refractivity contribution >= 4 is 23.4 Å². The molecular weight excluding hydrogens is 190 g/mol. The number of carbonyl (C=O) groups excluding carboxylic acids is 1. The minimum atomic E-state index is -0.769. The molecule has 0 bridgehead atoms. The summed E-state index contributed by atoms with van der Waals surface area (Å²) >= 11 is 4.90. The Morgan fingerprint density at radius 3 is 2.62 bits per heavy atom. The fourth-order valence-corrected chi connectivity index (χ4v) is 0.821. The van der Waals surface area contributed by atoms with Crippen molar-refractivity contribution in [2.24, 2.45) is 5.73 Å². The molecule has 0 saturated heterocycles. The Labute approximate surface area is 83.0 Å². The lowest BCUT2D eigenvalue weighted by Gasteiger charge is -2.08. The van der Waals surface area contributed by atoms with E-state index in [2.05, 4.69) is 15.4 Å². The summed E-state index contributed by atoms with van der Waals surface area (Å²) in [5.74, 6) is 0. The molecule has 0 aromatic rings. The van der Waals surface area contributed by atoms with Crippen LogP contribution >= 0.6 is 12.2 Å². The lowest BCUT2D eigenvalue weighted by atomic mass is 10.5. The van der Waals surface area contributed by atoms with Crippen molar-refractivity contribution in [2.75, 3.05) is 19.7 Å². The largest absolute Gasteiger partial charge is 0.448 e. The Kier molecular flexibility index (Phi) is 6.99. The van der Waals surface area contributed by atoms with Crippen molar-refractivity contribution in [3.63, 3.8) is 0 Å². The average Bonchev–Trinajstić information content (AvgIpc) is 2.08. The van der Waals surface area contributed by atoms with E-state index in [1.807, 2.05) is 6.92 Å². The van der Waals surface area contributed by atoms with Crippen LogP contribution < -0.4 is 16.4 Å². The van der Waals surface area contributed by atoms with Gasteiger partial charge in [-0.2, -0.15) is 0 Å². The summed E-state index contributed by atoms with van der Waals surface area (Å²) in [4.78, 5) is 10.1. The number of hydrogen-bond donors (Lipinski definition) is 3. The minimum absolute atomic E-state index is 0.225. The lowest BCUT2D eigenvalue weighted by molar-refractivity contribution is 0.159. The molecule has 0 aliphatic rings. The molecule has 4 N–H and O–H groups in total. The van der Waals surface area contributed by atoms with Crippen LogP contribution in [-0.4, -0.2) is 30.9 Å². The van der Waals surface area contributed by atoms with Crippen molar-refractivity contribution in [1.29, 1.82) is 0 Å². The van der Waals surface area contributed by atoms with Gasteiger partial charge in [-0.15, -0.1) is 0 Å². The van der Waals surface area contributed by atoms with Gasteiger partial charge in [-0.25, -0.2) is 4.79 Å². The molecule has 76 valence electrons. The predicted molar refractivity (Wildman–Crippen MR) is 54.4 cm³/mol. The van der Waals surface area contributed by atoms with Gasteiger partial charge in [-0.05, 0) is 18.6 Å². The van der Waals surface area contributed by atoms with E-state index < -0.39 is 6.09 Å². The zero-order valence-corrected chi connectivity index (χ0v) is 8.45. The molecule has 13 heavy (non-hydrogen) atoms. The highest BCUT2D eigenvalue weighted by Crippen LogP contribution is 1.74. The Hall–Kier alpha value is -1.04. The first-order chi connectivity index (χ1) is 6.16. The maximum Gasteiger partial charge on any atom is 0.404 e. The first kappa shape index (κ1) is 12.0. The first-order valence-electron chi connectivity index (χ1n) is 4.10. The second kappa shape index (κ2) is 7.60. The van der Waals surface area contributed by atoms with Gasteiger partial charge < -0.3 is 21.1 Å². The van der Waals surface area contributed by atoms with Crippen LogP contribution in [0.5, 0.6) is 0 Å². The Bertz CT molecular complexity index is 175. The molecule has 0 fully saturated rings. The normalized spacial score (nSPS) is 9.00. The first-order valence-corrected chi connectivity index (χ1v) is 4.51. The van der Waals surface area contributed by atoms with Crippen LogP contribution in [0, 0.1) is 0 Å². The van der Waals surface area contributed by atoms with Gasteiger partial charge in [0.05, 0.1) is 6.54 Å². The molecule has 0 rings (SSSR count). The van der Waals surface area contributed by atoms with Crippen LogP contribution in [0.2, 0.25) is 0 Å². The van der Waals surface area contributed by atoms with Crippen molar-refractivity contribution in [3.05, 3.63) is 0 Å². The molecule has 0 aliphatic heterocycles. The molecule has 0 heterocycles. The molecule has 0 aromatic carbocycles. The maximum absolute atomic E-state index is 10.1. The van der Waals surface area contributed by atoms with Crippen molar-refractivity contribution in [1.82, 2.24) is 10.6 Å². The Morgan fingerprint density at radius 1 is 1.46 bits per heavy atom. The topological polar surface area (TPSA) is 76.4 Å². The molecule has 0 aliphatic carbocycles. The van der Waals surface area contributed by atoms with E-state index in [9.17, 15) is 4.79 Å².